The molecule has 0 bridgehead atoms. The van der Waals surface area contributed by atoms with Crippen molar-refractivity contribution in [3.8, 4) is 6.07 Å². The number of nitriles is 1. The van der Waals surface area contributed by atoms with Gasteiger partial charge in [0.1, 0.15) is 6.07 Å². The van der Waals surface area contributed by atoms with Gasteiger partial charge < -0.3 is 0 Å². The molecule has 0 atom stereocenters. The van der Waals surface area contributed by atoms with E-state index in [0.717, 1.165) is 0 Å². The zero-order valence-corrected chi connectivity index (χ0v) is 9.00. The molecule has 1 rings (SSSR count). The molecule has 0 amide bonds. The van der Waals surface area contributed by atoms with Gasteiger partial charge in [-0.2, -0.15) is 44.8 Å². The molecule has 0 aliphatic heterocycles. The quantitative estimate of drug-likeness (QED) is 0.642. The number of hydrogen-bond acceptors (Lipinski definition) is 1. The van der Waals surface area contributed by atoms with Gasteiger partial charge in [0.05, 0.1) is 22.3 Å². The average molecular weight is 307 g/mol. The Morgan fingerprint density at radius 2 is 1.10 bits per heavy atom. The van der Waals surface area contributed by atoms with E-state index < -0.39 is 40.8 Å². The number of nitrogens with zero attached hydrogens (tertiary/aromatic N) is 1. The molecule has 0 aliphatic carbocycles. The minimum absolute atomic E-state index is 0.198. The van der Waals surface area contributed by atoms with Gasteiger partial charge in [0.25, 0.3) is 0 Å². The van der Waals surface area contributed by atoms with Crippen LogP contribution in [0.15, 0.2) is 12.1 Å². The third kappa shape index (κ3) is 2.97. The minimum atomic E-state index is -5.75. The number of alkyl halides is 9. The number of halogens is 9. The number of rotatable bonds is 0. The zero-order chi connectivity index (χ0) is 15.9. The van der Waals surface area contributed by atoms with Crippen LogP contribution in [-0.2, 0) is 18.5 Å². The van der Waals surface area contributed by atoms with Crippen molar-refractivity contribution in [3.63, 3.8) is 0 Å². The predicted octanol–water partition coefficient (Wildman–Crippen LogP) is 4.61. The van der Waals surface area contributed by atoms with Crippen molar-refractivity contribution in [3.05, 3.63) is 34.4 Å². The van der Waals surface area contributed by atoms with Crippen molar-refractivity contribution in [2.75, 3.05) is 0 Å². The Balaban J connectivity index is 3.86. The lowest BCUT2D eigenvalue weighted by atomic mass is 9.95. The second-order valence-corrected chi connectivity index (χ2v) is 3.52. The highest BCUT2D eigenvalue weighted by atomic mass is 19.4. The van der Waals surface area contributed by atoms with Crippen LogP contribution in [0.2, 0.25) is 0 Å². The highest BCUT2D eigenvalue weighted by Crippen LogP contribution is 2.45. The van der Waals surface area contributed by atoms with Crippen LogP contribution in [0.3, 0.4) is 0 Å². The molecule has 0 radical (unpaired) electrons. The molecule has 110 valence electrons. The summed E-state index contributed by atoms with van der Waals surface area (Å²) in [6.07, 6.45) is -16.7. The zero-order valence-electron chi connectivity index (χ0n) is 9.00. The first-order valence-electron chi connectivity index (χ1n) is 4.59. The highest BCUT2D eigenvalue weighted by molar-refractivity contribution is 5.52. The van der Waals surface area contributed by atoms with Crippen LogP contribution in [0.4, 0.5) is 39.5 Å². The van der Waals surface area contributed by atoms with Gasteiger partial charge in [-0.3, -0.25) is 0 Å². The monoisotopic (exact) mass is 307 g/mol. The summed E-state index contributed by atoms with van der Waals surface area (Å²) in [5.74, 6) is 0. The van der Waals surface area contributed by atoms with Crippen LogP contribution in [0, 0.1) is 11.3 Å². The molecule has 1 nitrogen and oxygen atoms in total. The van der Waals surface area contributed by atoms with E-state index in [2.05, 4.69) is 0 Å². The Bertz CT molecular complexity index is 556. The van der Waals surface area contributed by atoms with E-state index in [9.17, 15) is 39.5 Å². The van der Waals surface area contributed by atoms with Gasteiger partial charge in [-0.05, 0) is 12.1 Å². The maximum Gasteiger partial charge on any atom is 0.418 e. The average Bonchev–Trinajstić information content (AvgIpc) is 2.23. The molecule has 0 fully saturated rings. The summed E-state index contributed by atoms with van der Waals surface area (Å²) in [4.78, 5) is 0. The van der Waals surface area contributed by atoms with Crippen molar-refractivity contribution in [2.45, 2.75) is 18.5 Å². The predicted molar refractivity (Wildman–Crippen MR) is 46.2 cm³/mol. The molecule has 0 aliphatic rings. The third-order valence-corrected chi connectivity index (χ3v) is 2.21. The Hall–Kier alpha value is -1.92. The van der Waals surface area contributed by atoms with Crippen molar-refractivity contribution < 1.29 is 39.5 Å². The molecule has 0 N–H and O–H groups in total. The van der Waals surface area contributed by atoms with E-state index in [4.69, 9.17) is 5.26 Å². The van der Waals surface area contributed by atoms with Gasteiger partial charge >= 0.3 is 18.5 Å². The van der Waals surface area contributed by atoms with Crippen molar-refractivity contribution in [1.29, 1.82) is 5.26 Å². The van der Waals surface area contributed by atoms with E-state index in [1.807, 2.05) is 0 Å². The first kappa shape index (κ1) is 16.1. The Labute approximate surface area is 105 Å². The van der Waals surface area contributed by atoms with Gasteiger partial charge in [0.15, 0.2) is 0 Å². The fourth-order valence-electron chi connectivity index (χ4n) is 1.49. The number of benzene rings is 1. The topological polar surface area (TPSA) is 23.8 Å². The molecule has 1 aromatic rings. The van der Waals surface area contributed by atoms with Crippen LogP contribution in [0.25, 0.3) is 0 Å². The van der Waals surface area contributed by atoms with Gasteiger partial charge in [-0.1, -0.05) is 0 Å². The second-order valence-electron chi connectivity index (χ2n) is 3.52. The Morgan fingerprint density at radius 1 is 0.700 bits per heavy atom. The molecular formula is C10H2F9N. The number of hydrogen-bond donors (Lipinski definition) is 0. The largest absolute Gasteiger partial charge is 0.418 e. The Morgan fingerprint density at radius 3 is 1.40 bits per heavy atom. The smallest absolute Gasteiger partial charge is 0.192 e. The van der Waals surface area contributed by atoms with Crippen LogP contribution in [-0.4, -0.2) is 0 Å². The molecule has 0 spiro atoms. The molecule has 20 heavy (non-hydrogen) atoms. The highest BCUT2D eigenvalue weighted by Gasteiger charge is 2.48. The van der Waals surface area contributed by atoms with Crippen LogP contribution >= 0.6 is 0 Å². The summed E-state index contributed by atoms with van der Waals surface area (Å²) >= 11 is 0. The van der Waals surface area contributed by atoms with E-state index in [0.29, 0.717) is 6.07 Å². The maximum absolute atomic E-state index is 12.6. The van der Waals surface area contributed by atoms with E-state index in [1.54, 1.807) is 0 Å². The first-order valence-corrected chi connectivity index (χ1v) is 4.59. The van der Waals surface area contributed by atoms with Gasteiger partial charge in [0, 0.05) is 0 Å². The normalized spacial score (nSPS) is 13.2. The van der Waals surface area contributed by atoms with Gasteiger partial charge in [-0.15, -0.1) is 0 Å². The van der Waals surface area contributed by atoms with Crippen LogP contribution in [0.5, 0.6) is 0 Å². The van der Waals surface area contributed by atoms with Gasteiger partial charge in [-0.25, -0.2) is 0 Å². The summed E-state index contributed by atoms with van der Waals surface area (Å²) in [6.45, 7) is 0. The molecule has 1 aromatic carbocycles. The molecule has 0 heterocycles. The fraction of sp³-hybridized carbons (Fsp3) is 0.300. The maximum atomic E-state index is 12.6. The van der Waals surface area contributed by atoms with Gasteiger partial charge in [0.2, 0.25) is 0 Å². The summed E-state index contributed by atoms with van der Waals surface area (Å²) < 4.78 is 112. The molecular weight excluding hydrogens is 305 g/mol. The molecule has 0 saturated carbocycles. The second kappa shape index (κ2) is 4.57. The van der Waals surface area contributed by atoms with E-state index in [-0.39, 0.29) is 12.1 Å². The molecule has 0 unspecified atom stereocenters. The van der Waals surface area contributed by atoms with Crippen molar-refractivity contribution in [1.82, 2.24) is 0 Å². The molecule has 10 heteroatoms. The molecule has 0 aromatic heterocycles. The minimum Gasteiger partial charge on any atom is -0.192 e. The lowest BCUT2D eigenvalue weighted by molar-refractivity contribution is -0.163. The summed E-state index contributed by atoms with van der Waals surface area (Å²) in [7, 11) is 0. The van der Waals surface area contributed by atoms with E-state index in [1.165, 1.54) is 0 Å². The lowest BCUT2D eigenvalue weighted by Gasteiger charge is -2.19. The van der Waals surface area contributed by atoms with Crippen LogP contribution < -0.4 is 0 Å². The third-order valence-electron chi connectivity index (χ3n) is 2.21. The standard InChI is InChI=1S/C10H2F9N/c11-8(12,13)5-1-2-6(9(14,15)16)7(4(5)3-20)10(17,18)19/h1-2H. The fourth-order valence-corrected chi connectivity index (χ4v) is 1.49. The van der Waals surface area contributed by atoms with E-state index >= 15 is 0 Å². The first-order chi connectivity index (χ1) is 8.80. The van der Waals surface area contributed by atoms with Crippen LogP contribution in [0.1, 0.15) is 22.3 Å². The lowest BCUT2D eigenvalue weighted by Crippen LogP contribution is -2.21. The Kier molecular flexibility index (Phi) is 3.69. The van der Waals surface area contributed by atoms with Crippen molar-refractivity contribution >= 4 is 0 Å². The molecule has 0 saturated heterocycles. The summed E-state index contributed by atoms with van der Waals surface area (Å²) in [5, 5.41) is 8.40. The van der Waals surface area contributed by atoms with Crippen molar-refractivity contribution in [2.24, 2.45) is 0 Å². The SMILES string of the molecule is N#Cc1c(C(F)(F)F)ccc(C(F)(F)F)c1C(F)(F)F. The summed E-state index contributed by atoms with van der Waals surface area (Å²) in [5.41, 5.74) is -9.14. The summed E-state index contributed by atoms with van der Waals surface area (Å²) in [6, 6.07) is 0.0112.